The zero-order valence-corrected chi connectivity index (χ0v) is 7.75. The fourth-order valence-corrected chi connectivity index (χ4v) is 2.33. The van der Waals surface area contributed by atoms with Crippen LogP contribution in [-0.2, 0) is 4.79 Å². The molecule has 1 saturated heterocycles. The molecule has 0 aromatic heterocycles. The number of carbonyl (C=O) groups excluding carboxylic acids is 1. The second-order valence-electron chi connectivity index (χ2n) is 2.91. The highest BCUT2D eigenvalue weighted by Crippen LogP contribution is 2.21. The fraction of sp³-hybridized carbons (Fsp3) is 0.875. The molecule has 0 spiro atoms. The monoisotopic (exact) mass is 173 g/mol. The number of hydrogen-bond donors (Lipinski definition) is 1. The van der Waals surface area contributed by atoms with Crippen LogP contribution in [0.25, 0.3) is 0 Å². The van der Waals surface area contributed by atoms with E-state index in [1.165, 1.54) is 24.6 Å². The Bertz CT molecular complexity index is 130. The van der Waals surface area contributed by atoms with Crippen LogP contribution in [0.2, 0.25) is 0 Å². The number of hydrogen-bond acceptors (Lipinski definition) is 3. The van der Waals surface area contributed by atoms with Crippen molar-refractivity contribution in [3.63, 3.8) is 0 Å². The predicted octanol–water partition coefficient (Wildman–Crippen LogP) is 1.41. The topological polar surface area (TPSA) is 29.1 Å². The molecule has 1 heterocycles. The van der Waals surface area contributed by atoms with Gasteiger partial charge in [0, 0.05) is 12.2 Å². The van der Waals surface area contributed by atoms with E-state index in [1.807, 2.05) is 0 Å². The van der Waals surface area contributed by atoms with Gasteiger partial charge in [-0.3, -0.25) is 4.79 Å². The lowest BCUT2D eigenvalue weighted by molar-refractivity contribution is -0.109. The van der Waals surface area contributed by atoms with Gasteiger partial charge in [0.2, 0.25) is 0 Å². The molecule has 0 radical (unpaired) electrons. The van der Waals surface area contributed by atoms with Crippen LogP contribution in [0.4, 0.5) is 0 Å². The minimum absolute atomic E-state index is 0.261. The van der Waals surface area contributed by atoms with Crippen LogP contribution < -0.4 is 5.32 Å². The first-order chi connectivity index (χ1) is 5.29. The Labute approximate surface area is 72.1 Å². The van der Waals surface area contributed by atoms with Crippen LogP contribution in [0.1, 0.15) is 26.2 Å². The largest absolute Gasteiger partial charge is 0.317 e. The second kappa shape index (κ2) is 4.78. The lowest BCUT2D eigenvalue weighted by Gasteiger charge is -2.09. The van der Waals surface area contributed by atoms with Crippen molar-refractivity contribution in [3.05, 3.63) is 0 Å². The normalized spacial score (nSPS) is 26.1. The van der Waals surface area contributed by atoms with Gasteiger partial charge in [0.15, 0.2) is 5.12 Å². The summed E-state index contributed by atoms with van der Waals surface area (Å²) in [6.07, 6.45) is 3.55. The van der Waals surface area contributed by atoms with Crippen molar-refractivity contribution in [2.45, 2.75) is 31.4 Å². The first-order valence-electron chi connectivity index (χ1n) is 4.17. The highest BCUT2D eigenvalue weighted by atomic mass is 32.2. The van der Waals surface area contributed by atoms with Gasteiger partial charge in [-0.2, -0.15) is 0 Å². The van der Waals surface area contributed by atoms with Crippen molar-refractivity contribution < 1.29 is 4.79 Å². The average molecular weight is 173 g/mol. The highest BCUT2D eigenvalue weighted by molar-refractivity contribution is 8.14. The molecule has 1 aliphatic rings. The minimum atomic E-state index is 0.261. The van der Waals surface area contributed by atoms with Gasteiger partial charge in [-0.25, -0.2) is 0 Å². The lowest BCUT2D eigenvalue weighted by Crippen LogP contribution is -2.14. The Morgan fingerprint density at radius 3 is 3.00 bits per heavy atom. The summed E-state index contributed by atoms with van der Waals surface area (Å²) in [5.41, 5.74) is 0. The summed E-state index contributed by atoms with van der Waals surface area (Å²) in [7, 11) is 0. The first-order valence-corrected chi connectivity index (χ1v) is 5.05. The maximum atomic E-state index is 10.8. The second-order valence-corrected chi connectivity index (χ2v) is 4.39. The Kier molecular flexibility index (Phi) is 3.94. The molecule has 0 bridgehead atoms. The molecule has 1 N–H and O–H groups in total. The molecule has 0 amide bonds. The number of rotatable bonds is 1. The quantitative estimate of drug-likeness (QED) is 0.650. The Morgan fingerprint density at radius 1 is 1.45 bits per heavy atom. The van der Waals surface area contributed by atoms with E-state index < -0.39 is 0 Å². The van der Waals surface area contributed by atoms with Crippen molar-refractivity contribution in [1.29, 1.82) is 0 Å². The number of carbonyl (C=O) groups is 1. The average Bonchev–Trinajstić information content (AvgIpc) is 2.14. The summed E-state index contributed by atoms with van der Waals surface area (Å²) in [6.45, 7) is 3.85. The van der Waals surface area contributed by atoms with E-state index in [1.54, 1.807) is 6.92 Å². The molecule has 64 valence electrons. The van der Waals surface area contributed by atoms with E-state index in [-0.39, 0.29) is 5.12 Å². The summed E-state index contributed by atoms with van der Waals surface area (Å²) in [4.78, 5) is 10.8. The SMILES string of the molecule is CC(=O)SC1CCCNCC1. The molecular formula is C8H15NOS. The molecule has 1 atom stereocenters. The molecule has 2 nitrogen and oxygen atoms in total. The Balaban J connectivity index is 2.25. The van der Waals surface area contributed by atoms with Crippen LogP contribution in [0.5, 0.6) is 0 Å². The van der Waals surface area contributed by atoms with E-state index in [9.17, 15) is 4.79 Å². The zero-order chi connectivity index (χ0) is 8.10. The summed E-state index contributed by atoms with van der Waals surface area (Å²) in [5, 5.41) is 4.16. The summed E-state index contributed by atoms with van der Waals surface area (Å²) < 4.78 is 0. The van der Waals surface area contributed by atoms with Crippen molar-refractivity contribution in [3.8, 4) is 0 Å². The molecule has 0 aromatic carbocycles. The smallest absolute Gasteiger partial charge is 0.186 e. The Hall–Kier alpha value is -0.0200. The minimum Gasteiger partial charge on any atom is -0.317 e. The van der Waals surface area contributed by atoms with Gasteiger partial charge in [-0.15, -0.1) is 0 Å². The van der Waals surface area contributed by atoms with Gasteiger partial charge >= 0.3 is 0 Å². The van der Waals surface area contributed by atoms with Crippen molar-refractivity contribution in [1.82, 2.24) is 5.32 Å². The molecule has 3 heteroatoms. The number of thioether (sulfide) groups is 1. The van der Waals surface area contributed by atoms with Crippen molar-refractivity contribution >= 4 is 16.9 Å². The van der Waals surface area contributed by atoms with E-state index in [0.29, 0.717) is 5.25 Å². The third-order valence-corrected chi connectivity index (χ3v) is 2.99. The molecule has 1 rings (SSSR count). The Morgan fingerprint density at radius 2 is 2.27 bits per heavy atom. The zero-order valence-electron chi connectivity index (χ0n) is 6.93. The third kappa shape index (κ3) is 3.77. The third-order valence-electron chi connectivity index (χ3n) is 1.86. The van der Waals surface area contributed by atoms with Gasteiger partial charge in [0.25, 0.3) is 0 Å². The molecule has 1 fully saturated rings. The highest BCUT2D eigenvalue weighted by Gasteiger charge is 2.13. The van der Waals surface area contributed by atoms with Crippen LogP contribution in [0, 0.1) is 0 Å². The van der Waals surface area contributed by atoms with Crippen LogP contribution in [-0.4, -0.2) is 23.5 Å². The van der Waals surface area contributed by atoms with Gasteiger partial charge < -0.3 is 5.32 Å². The van der Waals surface area contributed by atoms with Crippen molar-refractivity contribution in [2.24, 2.45) is 0 Å². The van der Waals surface area contributed by atoms with Crippen LogP contribution in [0.3, 0.4) is 0 Å². The van der Waals surface area contributed by atoms with E-state index in [2.05, 4.69) is 5.32 Å². The summed E-state index contributed by atoms with van der Waals surface area (Å²) in [6, 6.07) is 0. The molecule has 1 unspecified atom stereocenters. The molecule has 0 aromatic rings. The molecule has 0 aliphatic carbocycles. The standard InChI is InChI=1S/C8H15NOS/c1-7(10)11-8-3-2-5-9-6-4-8/h8-9H,2-6H2,1H3. The van der Waals surface area contributed by atoms with E-state index >= 15 is 0 Å². The maximum absolute atomic E-state index is 10.8. The van der Waals surface area contributed by atoms with Gasteiger partial charge in [0.05, 0.1) is 0 Å². The van der Waals surface area contributed by atoms with E-state index in [4.69, 9.17) is 0 Å². The van der Waals surface area contributed by atoms with Gasteiger partial charge in [-0.1, -0.05) is 11.8 Å². The molecular weight excluding hydrogens is 158 g/mol. The maximum Gasteiger partial charge on any atom is 0.186 e. The summed E-state index contributed by atoms with van der Waals surface area (Å²) >= 11 is 1.51. The van der Waals surface area contributed by atoms with Gasteiger partial charge in [0.1, 0.15) is 0 Å². The summed E-state index contributed by atoms with van der Waals surface area (Å²) in [5.74, 6) is 0. The molecule has 0 saturated carbocycles. The van der Waals surface area contributed by atoms with Crippen LogP contribution >= 0.6 is 11.8 Å². The number of nitrogens with one attached hydrogen (secondary N) is 1. The predicted molar refractivity (Wildman–Crippen MR) is 48.8 cm³/mol. The lowest BCUT2D eigenvalue weighted by atomic mass is 10.2. The van der Waals surface area contributed by atoms with Crippen molar-refractivity contribution in [2.75, 3.05) is 13.1 Å². The first kappa shape index (κ1) is 9.07. The fourth-order valence-electron chi connectivity index (χ4n) is 1.34. The molecule has 1 aliphatic heterocycles. The van der Waals surface area contributed by atoms with Gasteiger partial charge in [-0.05, 0) is 32.4 Å². The molecule has 11 heavy (non-hydrogen) atoms. The van der Waals surface area contributed by atoms with E-state index in [0.717, 1.165) is 19.5 Å². The van der Waals surface area contributed by atoms with Crippen LogP contribution in [0.15, 0.2) is 0 Å².